The number of fused-ring (bicyclic) bond motifs is 1. The molecule has 168 valence electrons. The summed E-state index contributed by atoms with van der Waals surface area (Å²) in [4.78, 5) is 52.6. The van der Waals surface area contributed by atoms with Crippen molar-refractivity contribution in [3.05, 3.63) is 27.9 Å². The van der Waals surface area contributed by atoms with Gasteiger partial charge in [-0.3, -0.25) is 19.3 Å². The highest BCUT2D eigenvalue weighted by Crippen LogP contribution is 2.41. The Balaban J connectivity index is 1.43. The minimum absolute atomic E-state index is 0.0267. The first-order valence-electron chi connectivity index (χ1n) is 8.83. The number of aliphatic carboxylic acids is 1. The van der Waals surface area contributed by atoms with E-state index in [-0.39, 0.29) is 16.5 Å². The number of thiazole rings is 1. The number of amides is 3. The number of β-lactam (4-membered cyclic amide) rings is 1. The largest absolute Gasteiger partial charge is 0.477 e. The summed E-state index contributed by atoms with van der Waals surface area (Å²) < 4.78 is 0.692. The minimum atomic E-state index is -1.64. The summed E-state index contributed by atoms with van der Waals surface area (Å²) in [6, 6.07) is -0.972. The molecule has 2 aliphatic heterocycles. The van der Waals surface area contributed by atoms with E-state index in [1.165, 1.54) is 45.1 Å². The standard InChI is InChI=1S/C16H14N6O6S4/c23-4-17-15-19-7(3-30-15)10(24)11(25)20-8-12(26)22-9(14(27)28)6(1-29-13(8)22)2-31-16-21-18-5-32-16/h3-5,8,10,13,24H,1-2H2,(H,20,25)(H,27,28)(H,17,19,23)/t8?,10?,13-/m1/s1. The van der Waals surface area contributed by atoms with E-state index in [1.54, 1.807) is 5.51 Å². The smallest absolute Gasteiger partial charge is 0.352 e. The third kappa shape index (κ3) is 4.36. The van der Waals surface area contributed by atoms with Crippen molar-refractivity contribution < 1.29 is 29.4 Å². The quantitative estimate of drug-likeness (QED) is 0.203. The van der Waals surface area contributed by atoms with Crippen molar-refractivity contribution in [2.45, 2.75) is 21.9 Å². The Morgan fingerprint density at radius 2 is 2.22 bits per heavy atom. The summed E-state index contributed by atoms with van der Waals surface area (Å²) in [6.45, 7) is 0. The first-order valence-corrected chi connectivity index (χ1v) is 12.6. The summed E-state index contributed by atoms with van der Waals surface area (Å²) >= 11 is 5.04. The Bertz CT molecular complexity index is 1090. The molecule has 0 saturated carbocycles. The van der Waals surface area contributed by atoms with Gasteiger partial charge in [0.05, 0.1) is 5.69 Å². The van der Waals surface area contributed by atoms with E-state index in [2.05, 4.69) is 25.8 Å². The maximum atomic E-state index is 12.7. The van der Waals surface area contributed by atoms with Gasteiger partial charge in [0.25, 0.3) is 11.8 Å². The van der Waals surface area contributed by atoms with Gasteiger partial charge in [-0.1, -0.05) is 23.1 Å². The van der Waals surface area contributed by atoms with Gasteiger partial charge in [0, 0.05) is 16.9 Å². The molecular weight excluding hydrogens is 500 g/mol. The maximum Gasteiger partial charge on any atom is 0.352 e. The normalized spacial score (nSPS) is 20.9. The molecule has 16 heteroatoms. The van der Waals surface area contributed by atoms with Gasteiger partial charge in [0.15, 0.2) is 15.6 Å². The Morgan fingerprint density at radius 1 is 1.41 bits per heavy atom. The average molecular weight is 515 g/mol. The predicted octanol–water partition coefficient (Wildman–Crippen LogP) is 0.127. The lowest BCUT2D eigenvalue weighted by molar-refractivity contribution is -0.151. The molecule has 3 atom stereocenters. The van der Waals surface area contributed by atoms with E-state index >= 15 is 0 Å². The number of hydrogen-bond donors (Lipinski definition) is 4. The number of rotatable bonds is 9. The topological polar surface area (TPSA) is 175 Å². The van der Waals surface area contributed by atoms with Crippen LogP contribution in [0.25, 0.3) is 0 Å². The van der Waals surface area contributed by atoms with Crippen LogP contribution in [-0.2, 0) is 19.2 Å². The Kier molecular flexibility index (Phi) is 6.75. The molecule has 4 heterocycles. The molecule has 0 aliphatic carbocycles. The lowest BCUT2D eigenvalue weighted by atomic mass is 10.0. The zero-order valence-corrected chi connectivity index (χ0v) is 19.1. The van der Waals surface area contributed by atoms with E-state index in [0.717, 1.165) is 11.3 Å². The molecule has 12 nitrogen and oxygen atoms in total. The number of aliphatic hydroxyl groups excluding tert-OH is 1. The third-order valence-corrected chi connectivity index (χ3v) is 8.57. The van der Waals surface area contributed by atoms with Crippen LogP contribution in [0.1, 0.15) is 11.8 Å². The third-order valence-electron chi connectivity index (χ3n) is 4.49. The van der Waals surface area contributed by atoms with E-state index in [9.17, 15) is 29.4 Å². The van der Waals surface area contributed by atoms with Gasteiger partial charge in [-0.05, 0) is 5.57 Å². The number of aliphatic hydroxyl groups is 1. The number of carbonyl (C=O) groups is 4. The SMILES string of the molecule is O=CNc1nc(C(O)C(=O)NC2C(=O)N3C(C(=O)O)=C(CSc4nncs4)CS[C@H]23)cs1. The van der Waals surface area contributed by atoms with E-state index in [1.807, 2.05) is 0 Å². The Hall–Kier alpha value is -2.53. The minimum Gasteiger partial charge on any atom is -0.477 e. The summed E-state index contributed by atoms with van der Waals surface area (Å²) in [5, 5.41) is 33.4. The number of anilines is 1. The monoisotopic (exact) mass is 514 g/mol. The number of thioether (sulfide) groups is 2. The number of carbonyl (C=O) groups excluding carboxylic acids is 3. The number of carboxylic acid groups (broad SMARTS) is 1. The summed E-state index contributed by atoms with van der Waals surface area (Å²) in [5.74, 6) is -1.93. The van der Waals surface area contributed by atoms with Crippen LogP contribution in [0.15, 0.2) is 26.5 Å². The molecular formula is C16H14N6O6S4. The number of carboxylic acids is 1. The number of aromatic nitrogens is 3. The van der Waals surface area contributed by atoms with Crippen LogP contribution in [-0.4, -0.2) is 77.4 Å². The molecule has 0 aromatic carbocycles. The van der Waals surface area contributed by atoms with Crippen LogP contribution in [0.2, 0.25) is 0 Å². The first-order chi connectivity index (χ1) is 15.4. The number of nitrogens with zero attached hydrogens (tertiary/aromatic N) is 4. The van der Waals surface area contributed by atoms with Gasteiger partial charge in [-0.15, -0.1) is 33.3 Å². The fourth-order valence-corrected chi connectivity index (χ4v) is 6.73. The van der Waals surface area contributed by atoms with Gasteiger partial charge in [-0.25, -0.2) is 9.78 Å². The molecule has 1 saturated heterocycles. The van der Waals surface area contributed by atoms with Crippen LogP contribution in [0.5, 0.6) is 0 Å². The highest BCUT2D eigenvalue weighted by Gasteiger charge is 2.54. The molecule has 2 aromatic rings. The molecule has 2 aromatic heterocycles. The molecule has 2 unspecified atom stereocenters. The van der Waals surface area contributed by atoms with Crippen molar-refractivity contribution in [2.75, 3.05) is 16.8 Å². The highest BCUT2D eigenvalue weighted by atomic mass is 32.2. The molecule has 1 fully saturated rings. The van der Waals surface area contributed by atoms with Crippen LogP contribution in [0, 0.1) is 0 Å². The lowest BCUT2D eigenvalue weighted by Gasteiger charge is -2.49. The summed E-state index contributed by atoms with van der Waals surface area (Å²) in [5.41, 5.74) is 2.09. The fraction of sp³-hybridized carbons (Fsp3) is 0.312. The average Bonchev–Trinajstić information content (AvgIpc) is 3.47. The Morgan fingerprint density at radius 3 is 2.91 bits per heavy atom. The second-order valence-corrected chi connectivity index (χ2v) is 10.4. The maximum absolute atomic E-state index is 12.7. The second kappa shape index (κ2) is 9.53. The van der Waals surface area contributed by atoms with Crippen LogP contribution in [0.3, 0.4) is 0 Å². The van der Waals surface area contributed by atoms with Gasteiger partial charge < -0.3 is 20.8 Å². The van der Waals surface area contributed by atoms with Crippen molar-refractivity contribution in [3.8, 4) is 0 Å². The van der Waals surface area contributed by atoms with Crippen molar-refractivity contribution in [1.29, 1.82) is 0 Å². The predicted molar refractivity (Wildman–Crippen MR) is 117 cm³/mol. The summed E-state index contributed by atoms with van der Waals surface area (Å²) in [7, 11) is 0. The zero-order valence-electron chi connectivity index (χ0n) is 15.8. The van der Waals surface area contributed by atoms with Gasteiger partial charge in [0.1, 0.15) is 22.6 Å². The van der Waals surface area contributed by atoms with Crippen molar-refractivity contribution >= 4 is 75.5 Å². The molecule has 32 heavy (non-hydrogen) atoms. The first kappa shape index (κ1) is 22.7. The Labute approximate surface area is 196 Å². The zero-order chi connectivity index (χ0) is 22.8. The van der Waals surface area contributed by atoms with Gasteiger partial charge >= 0.3 is 5.97 Å². The van der Waals surface area contributed by atoms with Crippen molar-refractivity contribution in [3.63, 3.8) is 0 Å². The van der Waals surface area contributed by atoms with E-state index in [4.69, 9.17) is 0 Å². The van der Waals surface area contributed by atoms with Crippen LogP contribution >= 0.6 is 46.2 Å². The molecule has 4 N–H and O–H groups in total. The van der Waals surface area contributed by atoms with Crippen LogP contribution in [0.4, 0.5) is 5.13 Å². The molecule has 0 bridgehead atoms. The highest BCUT2D eigenvalue weighted by molar-refractivity contribution is 8.01. The fourth-order valence-electron chi connectivity index (χ4n) is 3.06. The second-order valence-electron chi connectivity index (χ2n) is 6.39. The molecule has 2 aliphatic rings. The van der Waals surface area contributed by atoms with Crippen LogP contribution < -0.4 is 10.6 Å². The summed E-state index contributed by atoms with van der Waals surface area (Å²) in [6.07, 6.45) is -1.22. The van der Waals surface area contributed by atoms with E-state index < -0.39 is 35.3 Å². The van der Waals surface area contributed by atoms with E-state index in [0.29, 0.717) is 27.8 Å². The number of hydrogen-bond acceptors (Lipinski definition) is 12. The molecule has 4 rings (SSSR count). The molecule has 3 amide bonds. The van der Waals surface area contributed by atoms with Crippen molar-refractivity contribution in [1.82, 2.24) is 25.4 Å². The lowest BCUT2D eigenvalue weighted by Crippen LogP contribution is -2.70. The molecule has 0 radical (unpaired) electrons. The van der Waals surface area contributed by atoms with Crippen molar-refractivity contribution in [2.24, 2.45) is 0 Å². The van der Waals surface area contributed by atoms with Gasteiger partial charge in [0.2, 0.25) is 6.41 Å². The molecule has 0 spiro atoms. The van der Waals surface area contributed by atoms with Gasteiger partial charge in [-0.2, -0.15) is 0 Å². The number of nitrogens with one attached hydrogen (secondary N) is 2.